The van der Waals surface area contributed by atoms with Crippen LogP contribution in [0.1, 0.15) is 23.2 Å². The lowest BCUT2D eigenvalue weighted by Crippen LogP contribution is -2.20. The minimum absolute atomic E-state index is 0.200. The summed E-state index contributed by atoms with van der Waals surface area (Å²) in [6.45, 7) is 2.00. The summed E-state index contributed by atoms with van der Waals surface area (Å²) in [5, 5.41) is 2.88. The van der Waals surface area contributed by atoms with Crippen molar-refractivity contribution in [1.29, 1.82) is 0 Å². The van der Waals surface area contributed by atoms with E-state index in [2.05, 4.69) is 15.2 Å². The molecule has 4 rings (SSSR count). The van der Waals surface area contributed by atoms with Crippen molar-refractivity contribution in [3.63, 3.8) is 0 Å². The lowest BCUT2D eigenvalue weighted by molar-refractivity contribution is 0.102. The molecule has 154 valence electrons. The molecule has 7 nitrogen and oxygen atoms in total. The number of methoxy groups -OCH3 is 2. The SMILES string of the molecule is COc1ccc(NC(=O)c2ccc(-c3ccnc(N4CCCC4)n3)cc2)cc1OC. The van der Waals surface area contributed by atoms with Gasteiger partial charge in [-0.1, -0.05) is 12.1 Å². The molecule has 1 aromatic heterocycles. The van der Waals surface area contributed by atoms with Crippen molar-refractivity contribution in [3.05, 3.63) is 60.3 Å². The van der Waals surface area contributed by atoms with Crippen molar-refractivity contribution in [2.75, 3.05) is 37.5 Å². The van der Waals surface area contributed by atoms with Gasteiger partial charge in [-0.25, -0.2) is 9.97 Å². The first kappa shape index (κ1) is 19.7. The maximum atomic E-state index is 12.6. The van der Waals surface area contributed by atoms with Crippen molar-refractivity contribution in [2.45, 2.75) is 12.8 Å². The van der Waals surface area contributed by atoms with Gasteiger partial charge in [0.25, 0.3) is 5.91 Å². The molecule has 1 aliphatic heterocycles. The van der Waals surface area contributed by atoms with Gasteiger partial charge >= 0.3 is 0 Å². The number of nitrogens with one attached hydrogen (secondary N) is 1. The van der Waals surface area contributed by atoms with Crippen LogP contribution < -0.4 is 19.7 Å². The summed E-state index contributed by atoms with van der Waals surface area (Å²) < 4.78 is 10.5. The lowest BCUT2D eigenvalue weighted by Gasteiger charge is -2.15. The monoisotopic (exact) mass is 404 g/mol. The molecule has 0 spiro atoms. The number of nitrogens with zero attached hydrogens (tertiary/aromatic N) is 3. The summed E-state index contributed by atoms with van der Waals surface area (Å²) >= 11 is 0. The van der Waals surface area contributed by atoms with Gasteiger partial charge in [-0.2, -0.15) is 0 Å². The molecular formula is C23H24N4O3. The normalized spacial score (nSPS) is 13.2. The number of amides is 1. The number of anilines is 2. The number of benzene rings is 2. The van der Waals surface area contributed by atoms with Crippen LogP contribution in [0.15, 0.2) is 54.7 Å². The standard InChI is InChI=1S/C23H24N4O3/c1-29-20-10-9-18(15-21(20)30-2)25-22(28)17-7-5-16(6-8-17)19-11-12-24-23(26-19)27-13-3-4-14-27/h5-12,15H,3-4,13-14H2,1-2H3,(H,25,28). The quantitative estimate of drug-likeness (QED) is 0.669. The van der Waals surface area contributed by atoms with E-state index in [1.807, 2.05) is 18.2 Å². The Morgan fingerprint density at radius 2 is 1.70 bits per heavy atom. The Labute approximate surface area is 175 Å². The first-order chi connectivity index (χ1) is 14.7. The Kier molecular flexibility index (Phi) is 5.79. The summed E-state index contributed by atoms with van der Waals surface area (Å²) in [5.41, 5.74) is 2.98. The van der Waals surface area contributed by atoms with Crippen LogP contribution in [0.25, 0.3) is 11.3 Å². The third-order valence-corrected chi connectivity index (χ3v) is 5.12. The molecule has 7 heteroatoms. The van der Waals surface area contributed by atoms with Gasteiger partial charge < -0.3 is 19.7 Å². The summed E-state index contributed by atoms with van der Waals surface area (Å²) in [7, 11) is 3.13. The highest BCUT2D eigenvalue weighted by Gasteiger charge is 2.15. The zero-order valence-electron chi connectivity index (χ0n) is 17.1. The molecule has 0 bridgehead atoms. The van der Waals surface area contributed by atoms with Gasteiger partial charge in [-0.15, -0.1) is 0 Å². The molecule has 0 atom stereocenters. The average molecular weight is 404 g/mol. The molecule has 1 amide bonds. The van der Waals surface area contributed by atoms with Crippen LogP contribution >= 0.6 is 0 Å². The van der Waals surface area contributed by atoms with Crippen LogP contribution in [0.2, 0.25) is 0 Å². The minimum atomic E-state index is -0.200. The second-order valence-corrected chi connectivity index (χ2v) is 7.04. The maximum absolute atomic E-state index is 12.6. The van der Waals surface area contributed by atoms with Crippen LogP contribution in [0, 0.1) is 0 Å². The first-order valence-electron chi connectivity index (χ1n) is 9.90. The fourth-order valence-electron chi connectivity index (χ4n) is 3.49. The zero-order chi connectivity index (χ0) is 20.9. The van der Waals surface area contributed by atoms with E-state index in [9.17, 15) is 4.79 Å². The third-order valence-electron chi connectivity index (χ3n) is 5.12. The third kappa shape index (κ3) is 4.20. The van der Waals surface area contributed by atoms with Crippen molar-refractivity contribution < 1.29 is 14.3 Å². The van der Waals surface area contributed by atoms with Crippen LogP contribution in [0.4, 0.5) is 11.6 Å². The number of carbonyl (C=O) groups is 1. The Hall–Kier alpha value is -3.61. The van der Waals surface area contributed by atoms with E-state index in [1.165, 1.54) is 12.8 Å². The fraction of sp³-hybridized carbons (Fsp3) is 0.261. The lowest BCUT2D eigenvalue weighted by atomic mass is 10.1. The predicted molar refractivity (Wildman–Crippen MR) is 116 cm³/mol. The molecule has 0 aliphatic carbocycles. The minimum Gasteiger partial charge on any atom is -0.493 e. The molecule has 1 N–H and O–H groups in total. The molecule has 3 aromatic rings. The van der Waals surface area contributed by atoms with Crippen LogP contribution in [-0.2, 0) is 0 Å². The second kappa shape index (κ2) is 8.82. The van der Waals surface area contributed by atoms with E-state index in [4.69, 9.17) is 14.5 Å². The summed E-state index contributed by atoms with van der Waals surface area (Å²) in [4.78, 5) is 23.9. The molecule has 2 aromatic carbocycles. The molecule has 30 heavy (non-hydrogen) atoms. The largest absolute Gasteiger partial charge is 0.493 e. The van der Waals surface area contributed by atoms with E-state index in [0.29, 0.717) is 22.7 Å². The zero-order valence-corrected chi connectivity index (χ0v) is 17.1. The van der Waals surface area contributed by atoms with Crippen molar-refractivity contribution in [3.8, 4) is 22.8 Å². The van der Waals surface area contributed by atoms with Gasteiger partial charge in [0.05, 0.1) is 19.9 Å². The maximum Gasteiger partial charge on any atom is 0.255 e. The number of rotatable bonds is 6. The summed E-state index contributed by atoms with van der Waals surface area (Å²) in [6.07, 6.45) is 4.14. The highest BCUT2D eigenvalue weighted by Crippen LogP contribution is 2.30. The Bertz CT molecular complexity index is 1030. The topological polar surface area (TPSA) is 76.6 Å². The number of hydrogen-bond acceptors (Lipinski definition) is 6. The number of ether oxygens (including phenoxy) is 2. The Morgan fingerprint density at radius 3 is 2.40 bits per heavy atom. The van der Waals surface area contributed by atoms with Crippen LogP contribution in [0.5, 0.6) is 11.5 Å². The molecule has 0 saturated carbocycles. The molecule has 1 fully saturated rings. The van der Waals surface area contributed by atoms with Gasteiger partial charge in [0, 0.05) is 42.2 Å². The number of hydrogen-bond donors (Lipinski definition) is 1. The van der Waals surface area contributed by atoms with E-state index >= 15 is 0 Å². The van der Waals surface area contributed by atoms with E-state index < -0.39 is 0 Å². The molecular weight excluding hydrogens is 380 g/mol. The number of aromatic nitrogens is 2. The van der Waals surface area contributed by atoms with Gasteiger partial charge in [0.15, 0.2) is 11.5 Å². The first-order valence-corrected chi connectivity index (χ1v) is 9.90. The Balaban J connectivity index is 1.48. The fourth-order valence-corrected chi connectivity index (χ4v) is 3.49. The van der Waals surface area contributed by atoms with Gasteiger partial charge in [-0.3, -0.25) is 4.79 Å². The highest BCUT2D eigenvalue weighted by atomic mass is 16.5. The van der Waals surface area contributed by atoms with Crippen molar-refractivity contribution >= 4 is 17.5 Å². The van der Waals surface area contributed by atoms with Crippen molar-refractivity contribution in [1.82, 2.24) is 9.97 Å². The average Bonchev–Trinajstić information content (AvgIpc) is 3.34. The Morgan fingerprint density at radius 1 is 0.967 bits per heavy atom. The molecule has 1 saturated heterocycles. The van der Waals surface area contributed by atoms with Crippen LogP contribution in [0.3, 0.4) is 0 Å². The molecule has 0 unspecified atom stereocenters. The number of carbonyl (C=O) groups excluding carboxylic acids is 1. The molecule has 2 heterocycles. The summed E-state index contributed by atoms with van der Waals surface area (Å²) in [5.74, 6) is 1.73. The van der Waals surface area contributed by atoms with Gasteiger partial charge in [-0.05, 0) is 43.2 Å². The van der Waals surface area contributed by atoms with E-state index in [-0.39, 0.29) is 5.91 Å². The van der Waals surface area contributed by atoms with Gasteiger partial charge in [0.2, 0.25) is 5.95 Å². The molecule has 0 radical (unpaired) electrons. The highest BCUT2D eigenvalue weighted by molar-refractivity contribution is 6.04. The predicted octanol–water partition coefficient (Wildman–Crippen LogP) is 4.01. The second-order valence-electron chi connectivity index (χ2n) is 7.04. The van der Waals surface area contributed by atoms with E-state index in [0.717, 1.165) is 30.3 Å². The van der Waals surface area contributed by atoms with Crippen molar-refractivity contribution in [2.24, 2.45) is 0 Å². The van der Waals surface area contributed by atoms with E-state index in [1.54, 1.807) is 50.7 Å². The van der Waals surface area contributed by atoms with Gasteiger partial charge in [0.1, 0.15) is 0 Å². The smallest absolute Gasteiger partial charge is 0.255 e. The summed E-state index contributed by atoms with van der Waals surface area (Å²) in [6, 6.07) is 14.5. The van der Waals surface area contributed by atoms with Crippen LogP contribution in [-0.4, -0.2) is 43.2 Å². The molecule has 1 aliphatic rings.